The summed E-state index contributed by atoms with van der Waals surface area (Å²) in [6.07, 6.45) is 4.32. The normalized spacial score (nSPS) is 17.5. The first-order valence-electron chi connectivity index (χ1n) is 6.09. The van der Waals surface area contributed by atoms with Gasteiger partial charge >= 0.3 is 6.09 Å². The first kappa shape index (κ1) is 16.2. The molecular weight excluding hydrogens is 220 g/mol. The molecule has 1 amide bonds. The Balaban J connectivity index is 0.000000304. The summed E-state index contributed by atoms with van der Waals surface area (Å²) < 4.78 is 4.58. The van der Waals surface area contributed by atoms with Crippen molar-refractivity contribution in [2.75, 3.05) is 6.61 Å². The van der Waals surface area contributed by atoms with Crippen molar-refractivity contribution in [2.45, 2.75) is 58.1 Å². The van der Waals surface area contributed by atoms with E-state index in [4.69, 9.17) is 16.6 Å². The van der Waals surface area contributed by atoms with E-state index in [2.05, 4.69) is 4.74 Å². The standard InChI is InChI=1S/C7H15NO.C5H11NO2/c8-7(5-9)4-6-2-1-3-6;1-5(2,3)8-4(6)7/h6-7,9H,1-5,8H2;1-3H3,(H2,6,7). The lowest BCUT2D eigenvalue weighted by Crippen LogP contribution is -2.29. The van der Waals surface area contributed by atoms with Gasteiger partial charge in [0.05, 0.1) is 6.61 Å². The van der Waals surface area contributed by atoms with Gasteiger partial charge in [-0.25, -0.2) is 4.79 Å². The van der Waals surface area contributed by atoms with E-state index in [0.29, 0.717) is 0 Å². The van der Waals surface area contributed by atoms with Crippen LogP contribution in [0, 0.1) is 5.92 Å². The van der Waals surface area contributed by atoms with E-state index in [1.54, 1.807) is 20.8 Å². The third-order valence-corrected chi connectivity index (χ3v) is 2.50. The first-order valence-corrected chi connectivity index (χ1v) is 6.09. The van der Waals surface area contributed by atoms with Crippen LogP contribution in [0.5, 0.6) is 0 Å². The molecule has 0 bridgehead atoms. The minimum atomic E-state index is -0.725. The molecule has 5 nitrogen and oxygen atoms in total. The number of carbonyl (C=O) groups excluding carboxylic acids is 1. The van der Waals surface area contributed by atoms with Crippen LogP contribution in [0.4, 0.5) is 4.79 Å². The Bertz CT molecular complexity index is 220. The molecule has 1 rings (SSSR count). The SMILES string of the molecule is CC(C)(C)OC(N)=O.NC(CO)CC1CCC1. The van der Waals surface area contributed by atoms with Gasteiger partial charge in [0, 0.05) is 6.04 Å². The monoisotopic (exact) mass is 246 g/mol. The predicted octanol–water partition coefficient (Wildman–Crippen LogP) is 1.38. The zero-order chi connectivity index (χ0) is 13.5. The molecule has 17 heavy (non-hydrogen) atoms. The van der Waals surface area contributed by atoms with E-state index in [1.807, 2.05) is 0 Å². The fourth-order valence-electron chi connectivity index (χ4n) is 1.53. The summed E-state index contributed by atoms with van der Waals surface area (Å²) in [6, 6.07) is 0.0373. The van der Waals surface area contributed by atoms with Crippen LogP contribution in [0.25, 0.3) is 0 Å². The molecule has 0 heterocycles. The van der Waals surface area contributed by atoms with Crippen molar-refractivity contribution < 1.29 is 14.6 Å². The van der Waals surface area contributed by atoms with Crippen LogP contribution < -0.4 is 11.5 Å². The maximum atomic E-state index is 10.0. The van der Waals surface area contributed by atoms with E-state index in [-0.39, 0.29) is 12.6 Å². The van der Waals surface area contributed by atoms with Crippen LogP contribution >= 0.6 is 0 Å². The van der Waals surface area contributed by atoms with Crippen molar-refractivity contribution in [3.63, 3.8) is 0 Å². The van der Waals surface area contributed by atoms with E-state index in [0.717, 1.165) is 12.3 Å². The molecule has 1 unspecified atom stereocenters. The highest BCUT2D eigenvalue weighted by atomic mass is 16.6. The average Bonchev–Trinajstić information content (AvgIpc) is 2.07. The Hall–Kier alpha value is -0.810. The van der Waals surface area contributed by atoms with Gasteiger partial charge in [-0.2, -0.15) is 0 Å². The second-order valence-electron chi connectivity index (χ2n) is 5.51. The fraction of sp³-hybridized carbons (Fsp3) is 0.917. The number of hydrogen-bond acceptors (Lipinski definition) is 4. The van der Waals surface area contributed by atoms with Crippen molar-refractivity contribution in [3.8, 4) is 0 Å². The maximum absolute atomic E-state index is 10.0. The largest absolute Gasteiger partial charge is 0.444 e. The minimum absolute atomic E-state index is 0.0373. The van der Waals surface area contributed by atoms with Gasteiger partial charge in [-0.15, -0.1) is 0 Å². The lowest BCUT2D eigenvalue weighted by Gasteiger charge is -2.27. The second-order valence-corrected chi connectivity index (χ2v) is 5.51. The highest BCUT2D eigenvalue weighted by Gasteiger charge is 2.19. The van der Waals surface area contributed by atoms with E-state index < -0.39 is 11.7 Å². The third kappa shape index (κ3) is 10.1. The maximum Gasteiger partial charge on any atom is 0.405 e. The zero-order valence-electron chi connectivity index (χ0n) is 11.1. The van der Waals surface area contributed by atoms with Gasteiger partial charge in [-0.05, 0) is 33.1 Å². The number of nitrogens with two attached hydrogens (primary N) is 2. The molecule has 1 aliphatic carbocycles. The highest BCUT2D eigenvalue weighted by Crippen LogP contribution is 2.29. The van der Waals surface area contributed by atoms with Crippen LogP contribution in [-0.2, 0) is 4.74 Å². The molecule has 5 heteroatoms. The topological polar surface area (TPSA) is 98.6 Å². The van der Waals surface area contributed by atoms with E-state index in [1.165, 1.54) is 19.3 Å². The molecule has 1 atom stereocenters. The van der Waals surface area contributed by atoms with Gasteiger partial charge in [0.1, 0.15) is 5.60 Å². The number of hydrogen-bond donors (Lipinski definition) is 3. The summed E-state index contributed by atoms with van der Waals surface area (Å²) in [5.41, 5.74) is 9.80. The van der Waals surface area contributed by atoms with Crippen LogP contribution in [0.2, 0.25) is 0 Å². The number of aliphatic hydroxyl groups excluding tert-OH is 1. The number of ether oxygens (including phenoxy) is 1. The quantitative estimate of drug-likeness (QED) is 0.700. The lowest BCUT2D eigenvalue weighted by molar-refractivity contribution is 0.0600. The Morgan fingerprint density at radius 2 is 2.00 bits per heavy atom. The Kier molecular flexibility index (Phi) is 7.15. The molecule has 1 aliphatic rings. The molecule has 0 saturated heterocycles. The van der Waals surface area contributed by atoms with Crippen LogP contribution in [0.1, 0.15) is 46.5 Å². The van der Waals surface area contributed by atoms with Crippen molar-refractivity contribution >= 4 is 6.09 Å². The summed E-state index contributed by atoms with van der Waals surface area (Å²) >= 11 is 0. The van der Waals surface area contributed by atoms with E-state index >= 15 is 0 Å². The summed E-state index contributed by atoms with van der Waals surface area (Å²) in [4.78, 5) is 10.0. The Morgan fingerprint density at radius 3 is 2.18 bits per heavy atom. The lowest BCUT2D eigenvalue weighted by atomic mass is 9.81. The molecule has 0 aromatic rings. The molecule has 0 spiro atoms. The third-order valence-electron chi connectivity index (χ3n) is 2.50. The predicted molar refractivity (Wildman–Crippen MR) is 67.4 cm³/mol. The minimum Gasteiger partial charge on any atom is -0.444 e. The molecule has 1 fully saturated rings. The van der Waals surface area contributed by atoms with Gasteiger partial charge in [0.15, 0.2) is 0 Å². The molecule has 0 aromatic carbocycles. The highest BCUT2D eigenvalue weighted by molar-refractivity contribution is 5.65. The Labute approximate surface area is 104 Å². The molecule has 0 radical (unpaired) electrons. The van der Waals surface area contributed by atoms with Crippen LogP contribution in [0.15, 0.2) is 0 Å². The Morgan fingerprint density at radius 1 is 1.47 bits per heavy atom. The van der Waals surface area contributed by atoms with Gasteiger partial charge in [0.2, 0.25) is 0 Å². The van der Waals surface area contributed by atoms with Crippen molar-refractivity contribution in [3.05, 3.63) is 0 Å². The van der Waals surface area contributed by atoms with Gasteiger partial charge in [-0.1, -0.05) is 19.3 Å². The van der Waals surface area contributed by atoms with E-state index in [9.17, 15) is 4.79 Å². The molecule has 102 valence electrons. The number of amides is 1. The van der Waals surface area contributed by atoms with Gasteiger partial charge in [0.25, 0.3) is 0 Å². The second kappa shape index (κ2) is 7.50. The summed E-state index contributed by atoms with van der Waals surface area (Å²) in [5, 5.41) is 8.58. The first-order chi connectivity index (χ1) is 7.74. The number of carbonyl (C=O) groups is 1. The summed E-state index contributed by atoms with van der Waals surface area (Å²) in [5.74, 6) is 0.826. The molecular formula is C12H26N2O3. The summed E-state index contributed by atoms with van der Waals surface area (Å²) in [6.45, 7) is 5.43. The van der Waals surface area contributed by atoms with Crippen molar-refractivity contribution in [1.82, 2.24) is 0 Å². The molecule has 1 saturated carbocycles. The zero-order valence-corrected chi connectivity index (χ0v) is 11.1. The average molecular weight is 246 g/mol. The van der Waals surface area contributed by atoms with Gasteiger partial charge in [-0.3, -0.25) is 0 Å². The van der Waals surface area contributed by atoms with Gasteiger partial charge < -0.3 is 21.3 Å². The van der Waals surface area contributed by atoms with Crippen LogP contribution in [-0.4, -0.2) is 29.4 Å². The number of rotatable bonds is 3. The molecule has 0 aliphatic heterocycles. The van der Waals surface area contributed by atoms with Crippen molar-refractivity contribution in [2.24, 2.45) is 17.4 Å². The smallest absolute Gasteiger partial charge is 0.405 e. The number of aliphatic hydroxyl groups is 1. The number of primary amides is 1. The van der Waals surface area contributed by atoms with Crippen molar-refractivity contribution in [1.29, 1.82) is 0 Å². The molecule has 5 N–H and O–H groups in total. The van der Waals surface area contributed by atoms with Crippen LogP contribution in [0.3, 0.4) is 0 Å². The summed E-state index contributed by atoms with van der Waals surface area (Å²) in [7, 11) is 0. The fourth-order valence-corrected chi connectivity index (χ4v) is 1.53. The molecule has 0 aromatic heterocycles.